The van der Waals surface area contributed by atoms with E-state index in [1.54, 1.807) is 6.20 Å². The maximum absolute atomic E-state index is 5.89. The number of hydrogen-bond acceptors (Lipinski definition) is 4. The number of rotatable bonds is 7. The van der Waals surface area contributed by atoms with Gasteiger partial charge in [0.25, 0.3) is 0 Å². The van der Waals surface area contributed by atoms with E-state index in [9.17, 15) is 0 Å². The van der Waals surface area contributed by atoms with Gasteiger partial charge >= 0.3 is 0 Å². The lowest BCUT2D eigenvalue weighted by atomic mass is 10.1. The van der Waals surface area contributed by atoms with Gasteiger partial charge in [0, 0.05) is 29.3 Å². The molecule has 3 rings (SSSR count). The molecule has 6 heteroatoms. The number of nitrogens with one attached hydrogen (secondary N) is 2. The summed E-state index contributed by atoms with van der Waals surface area (Å²) in [5, 5.41) is 8.01. The van der Waals surface area contributed by atoms with E-state index in [0.29, 0.717) is 12.5 Å². The van der Waals surface area contributed by atoms with Crippen LogP contribution in [0.1, 0.15) is 11.1 Å². The van der Waals surface area contributed by atoms with Crippen molar-refractivity contribution in [1.82, 2.24) is 9.97 Å². The molecule has 3 aromatic rings. The van der Waals surface area contributed by atoms with Crippen molar-refractivity contribution in [3.05, 3.63) is 82.0 Å². The summed E-state index contributed by atoms with van der Waals surface area (Å²) in [5.41, 5.74) is 2.36. The maximum atomic E-state index is 5.89. The van der Waals surface area contributed by atoms with E-state index < -0.39 is 0 Å². The van der Waals surface area contributed by atoms with Crippen LogP contribution in [0.2, 0.25) is 10.0 Å². The SMILES string of the molecule is Clc1ccc(CCNc2nccc(NCc3ccc(Cl)cc3)n2)cc1. The number of benzene rings is 2. The van der Waals surface area contributed by atoms with E-state index in [-0.39, 0.29) is 0 Å². The minimum absolute atomic E-state index is 0.607. The van der Waals surface area contributed by atoms with Crippen molar-refractivity contribution >= 4 is 35.0 Å². The lowest BCUT2D eigenvalue weighted by Crippen LogP contribution is -2.09. The molecule has 25 heavy (non-hydrogen) atoms. The zero-order valence-corrected chi connectivity index (χ0v) is 15.1. The smallest absolute Gasteiger partial charge is 0.224 e. The first-order chi connectivity index (χ1) is 12.2. The highest BCUT2D eigenvalue weighted by molar-refractivity contribution is 6.30. The molecule has 0 bridgehead atoms. The summed E-state index contributed by atoms with van der Waals surface area (Å²) in [6.07, 6.45) is 2.62. The van der Waals surface area contributed by atoms with Crippen LogP contribution in [0.4, 0.5) is 11.8 Å². The minimum atomic E-state index is 0.607. The van der Waals surface area contributed by atoms with Gasteiger partial charge < -0.3 is 10.6 Å². The van der Waals surface area contributed by atoms with Crippen molar-refractivity contribution in [3.8, 4) is 0 Å². The van der Waals surface area contributed by atoms with Crippen LogP contribution in [-0.2, 0) is 13.0 Å². The number of anilines is 2. The molecule has 2 aromatic carbocycles. The summed E-state index contributed by atoms with van der Waals surface area (Å²) in [6, 6.07) is 17.4. The Balaban J connectivity index is 1.50. The topological polar surface area (TPSA) is 49.8 Å². The van der Waals surface area contributed by atoms with E-state index in [1.807, 2.05) is 54.6 Å². The summed E-state index contributed by atoms with van der Waals surface area (Å²) in [7, 11) is 0. The third-order valence-electron chi connectivity index (χ3n) is 3.65. The summed E-state index contributed by atoms with van der Waals surface area (Å²) in [4.78, 5) is 8.72. The molecule has 0 fully saturated rings. The summed E-state index contributed by atoms with van der Waals surface area (Å²) in [5.74, 6) is 1.38. The Morgan fingerprint density at radius 2 is 1.40 bits per heavy atom. The first-order valence-electron chi connectivity index (χ1n) is 7.99. The highest BCUT2D eigenvalue weighted by Crippen LogP contribution is 2.13. The zero-order chi connectivity index (χ0) is 17.5. The normalized spacial score (nSPS) is 10.5. The molecule has 2 N–H and O–H groups in total. The third-order valence-corrected chi connectivity index (χ3v) is 4.16. The zero-order valence-electron chi connectivity index (χ0n) is 13.5. The van der Waals surface area contributed by atoms with Gasteiger partial charge in [-0.05, 0) is 47.9 Å². The fourth-order valence-corrected chi connectivity index (χ4v) is 2.56. The highest BCUT2D eigenvalue weighted by atomic mass is 35.5. The van der Waals surface area contributed by atoms with Gasteiger partial charge in [0.1, 0.15) is 5.82 Å². The van der Waals surface area contributed by atoms with E-state index in [2.05, 4.69) is 20.6 Å². The first kappa shape index (κ1) is 17.5. The van der Waals surface area contributed by atoms with Crippen LogP contribution in [0.5, 0.6) is 0 Å². The van der Waals surface area contributed by atoms with E-state index >= 15 is 0 Å². The lowest BCUT2D eigenvalue weighted by Gasteiger charge is -2.09. The largest absolute Gasteiger partial charge is 0.366 e. The van der Waals surface area contributed by atoms with E-state index in [0.717, 1.165) is 34.4 Å². The van der Waals surface area contributed by atoms with Crippen LogP contribution >= 0.6 is 23.2 Å². The minimum Gasteiger partial charge on any atom is -0.366 e. The van der Waals surface area contributed by atoms with Crippen molar-refractivity contribution in [2.45, 2.75) is 13.0 Å². The average Bonchev–Trinajstić information content (AvgIpc) is 2.63. The van der Waals surface area contributed by atoms with Crippen LogP contribution in [0.25, 0.3) is 0 Å². The second-order valence-electron chi connectivity index (χ2n) is 5.55. The van der Waals surface area contributed by atoms with Crippen LogP contribution in [0, 0.1) is 0 Å². The van der Waals surface area contributed by atoms with Crippen molar-refractivity contribution < 1.29 is 0 Å². The molecule has 0 aliphatic carbocycles. The lowest BCUT2D eigenvalue weighted by molar-refractivity contribution is 0.980. The molecule has 0 spiro atoms. The van der Waals surface area contributed by atoms with Gasteiger partial charge in [-0.3, -0.25) is 0 Å². The van der Waals surface area contributed by atoms with Crippen LogP contribution in [0.15, 0.2) is 60.8 Å². The van der Waals surface area contributed by atoms with Gasteiger partial charge in [0.05, 0.1) is 0 Å². The molecule has 0 amide bonds. The van der Waals surface area contributed by atoms with Crippen molar-refractivity contribution in [2.24, 2.45) is 0 Å². The Morgan fingerprint density at radius 1 is 0.760 bits per heavy atom. The Morgan fingerprint density at radius 3 is 2.08 bits per heavy atom. The number of nitrogens with zero attached hydrogens (tertiary/aromatic N) is 2. The highest BCUT2D eigenvalue weighted by Gasteiger charge is 2.00. The van der Waals surface area contributed by atoms with E-state index in [4.69, 9.17) is 23.2 Å². The number of hydrogen-bond donors (Lipinski definition) is 2. The second-order valence-corrected chi connectivity index (χ2v) is 6.42. The molecular formula is C19H18Cl2N4. The molecule has 1 heterocycles. The third kappa shape index (κ3) is 5.62. The van der Waals surface area contributed by atoms with Gasteiger partial charge in [-0.2, -0.15) is 4.98 Å². The van der Waals surface area contributed by atoms with Gasteiger partial charge in [-0.1, -0.05) is 47.5 Å². The molecule has 1 aromatic heterocycles. The average molecular weight is 373 g/mol. The Labute approximate surface area is 157 Å². The van der Waals surface area contributed by atoms with Crippen LogP contribution in [0.3, 0.4) is 0 Å². The molecule has 0 saturated heterocycles. The van der Waals surface area contributed by atoms with Gasteiger partial charge in [-0.15, -0.1) is 0 Å². The molecule has 0 aliphatic rings. The van der Waals surface area contributed by atoms with Crippen molar-refractivity contribution in [1.29, 1.82) is 0 Å². The molecule has 0 atom stereocenters. The molecule has 0 aliphatic heterocycles. The Bertz CT molecular complexity index is 804. The molecule has 128 valence electrons. The first-order valence-corrected chi connectivity index (χ1v) is 8.74. The van der Waals surface area contributed by atoms with Crippen molar-refractivity contribution in [2.75, 3.05) is 17.2 Å². The second kappa shape index (κ2) is 8.70. The monoisotopic (exact) mass is 372 g/mol. The quantitative estimate of drug-likeness (QED) is 0.609. The molecule has 0 unspecified atom stereocenters. The van der Waals surface area contributed by atoms with Crippen molar-refractivity contribution in [3.63, 3.8) is 0 Å². The fourth-order valence-electron chi connectivity index (χ4n) is 2.31. The maximum Gasteiger partial charge on any atom is 0.224 e. The van der Waals surface area contributed by atoms with Crippen LogP contribution in [-0.4, -0.2) is 16.5 Å². The molecule has 4 nitrogen and oxygen atoms in total. The standard InChI is InChI=1S/C19H18Cl2N4/c20-16-5-1-14(2-6-16)9-11-22-19-23-12-10-18(25-19)24-13-15-3-7-17(21)8-4-15/h1-8,10,12H,9,11,13H2,(H2,22,23,24,25). The predicted molar refractivity (Wildman–Crippen MR) is 104 cm³/mol. The molecule has 0 saturated carbocycles. The van der Waals surface area contributed by atoms with Gasteiger partial charge in [-0.25, -0.2) is 4.98 Å². The van der Waals surface area contributed by atoms with Gasteiger partial charge in [0.15, 0.2) is 0 Å². The van der Waals surface area contributed by atoms with E-state index in [1.165, 1.54) is 5.56 Å². The fraction of sp³-hybridized carbons (Fsp3) is 0.158. The Hall–Kier alpha value is -2.30. The summed E-state index contributed by atoms with van der Waals surface area (Å²) < 4.78 is 0. The molecule has 0 radical (unpaired) electrons. The van der Waals surface area contributed by atoms with Gasteiger partial charge in [0.2, 0.25) is 5.95 Å². The molecular weight excluding hydrogens is 355 g/mol. The predicted octanol–water partition coefficient (Wildman–Crippen LogP) is 5.05. The summed E-state index contributed by atoms with van der Waals surface area (Å²) in [6.45, 7) is 1.43. The number of halogens is 2. The Kier molecular flexibility index (Phi) is 6.09. The number of aromatic nitrogens is 2. The van der Waals surface area contributed by atoms with Crippen LogP contribution < -0.4 is 10.6 Å². The summed E-state index contributed by atoms with van der Waals surface area (Å²) >= 11 is 11.8.